The van der Waals surface area contributed by atoms with Crippen LogP contribution in [0, 0.1) is 0 Å². The van der Waals surface area contributed by atoms with Gasteiger partial charge in [-0.15, -0.1) is 0 Å². The Bertz CT molecular complexity index is 993. The molecule has 31 heavy (non-hydrogen) atoms. The summed E-state index contributed by atoms with van der Waals surface area (Å²) in [6, 6.07) is 14.1. The number of ether oxygens (including phenoxy) is 1. The van der Waals surface area contributed by atoms with E-state index in [0.717, 1.165) is 22.4 Å². The highest BCUT2D eigenvalue weighted by Gasteiger charge is 2.22. The van der Waals surface area contributed by atoms with E-state index in [1.165, 1.54) is 0 Å². The molecule has 3 N–H and O–H groups in total. The average Bonchev–Trinajstić information content (AvgIpc) is 3.30. The van der Waals surface area contributed by atoms with E-state index < -0.39 is 17.9 Å². The summed E-state index contributed by atoms with van der Waals surface area (Å²) >= 11 is 1.54. The van der Waals surface area contributed by atoms with Gasteiger partial charge in [0.25, 0.3) is 5.91 Å². The first-order valence-corrected chi connectivity index (χ1v) is 11.2. The molecule has 0 unspecified atom stereocenters. The van der Waals surface area contributed by atoms with Crippen molar-refractivity contribution in [3.05, 3.63) is 77.9 Å². The number of carbonyl (C=O) groups excluding carboxylic acids is 1. The van der Waals surface area contributed by atoms with Crippen molar-refractivity contribution in [2.24, 2.45) is 0 Å². The molecule has 1 atom stereocenters. The first-order valence-electron chi connectivity index (χ1n) is 9.84. The highest BCUT2D eigenvalue weighted by molar-refractivity contribution is 7.98. The molecule has 0 fully saturated rings. The van der Waals surface area contributed by atoms with Gasteiger partial charge in [-0.3, -0.25) is 4.79 Å². The summed E-state index contributed by atoms with van der Waals surface area (Å²) in [5.41, 5.74) is 3.82. The van der Waals surface area contributed by atoms with Crippen LogP contribution in [-0.4, -0.2) is 45.0 Å². The number of aromatic amines is 1. The summed E-state index contributed by atoms with van der Waals surface area (Å²) < 4.78 is 5.74. The number of aromatic nitrogens is 2. The van der Waals surface area contributed by atoms with Crippen LogP contribution in [0.4, 0.5) is 0 Å². The van der Waals surface area contributed by atoms with Crippen molar-refractivity contribution in [1.29, 1.82) is 0 Å². The number of rotatable bonds is 11. The number of H-pyrrole nitrogens is 1. The lowest BCUT2D eigenvalue weighted by atomic mass is 9.96. The third-order valence-corrected chi connectivity index (χ3v) is 5.35. The van der Waals surface area contributed by atoms with Gasteiger partial charge < -0.3 is 20.1 Å². The molecule has 8 heteroatoms. The molecular formula is C23H25N3O4S. The maximum absolute atomic E-state index is 13.0. The van der Waals surface area contributed by atoms with Crippen LogP contribution in [0.5, 0.6) is 0 Å². The van der Waals surface area contributed by atoms with E-state index in [2.05, 4.69) is 15.3 Å². The molecule has 0 saturated carbocycles. The highest BCUT2D eigenvalue weighted by Crippen LogP contribution is 2.26. The van der Waals surface area contributed by atoms with Crippen molar-refractivity contribution in [3.63, 3.8) is 0 Å². The number of imidazole rings is 1. The van der Waals surface area contributed by atoms with Crippen LogP contribution in [0.3, 0.4) is 0 Å². The number of nitrogens with zero attached hydrogens (tertiary/aromatic N) is 1. The largest absolute Gasteiger partial charge is 0.480 e. The molecule has 3 aromatic rings. The Hall–Kier alpha value is -3.10. The number of amides is 1. The van der Waals surface area contributed by atoms with Crippen molar-refractivity contribution in [1.82, 2.24) is 15.3 Å². The average molecular weight is 440 g/mol. The molecule has 0 saturated heterocycles. The lowest BCUT2D eigenvalue weighted by Gasteiger charge is -2.17. The Balaban J connectivity index is 1.81. The molecule has 0 spiro atoms. The van der Waals surface area contributed by atoms with E-state index in [-0.39, 0.29) is 0 Å². The first-order chi connectivity index (χ1) is 15.1. The summed E-state index contributed by atoms with van der Waals surface area (Å²) in [6.07, 6.45) is 5.58. The van der Waals surface area contributed by atoms with Crippen LogP contribution >= 0.6 is 11.8 Å². The number of hydrogen-bond donors (Lipinski definition) is 3. The Kier molecular flexibility index (Phi) is 8.26. The van der Waals surface area contributed by atoms with Crippen LogP contribution in [0.25, 0.3) is 11.1 Å². The van der Waals surface area contributed by atoms with Gasteiger partial charge in [-0.2, -0.15) is 11.8 Å². The molecule has 1 aromatic heterocycles. The number of carboxylic acids is 1. The molecular weight excluding hydrogens is 414 g/mol. The van der Waals surface area contributed by atoms with Gasteiger partial charge in [-0.25, -0.2) is 9.78 Å². The van der Waals surface area contributed by atoms with Crippen molar-refractivity contribution >= 4 is 23.6 Å². The Morgan fingerprint density at radius 2 is 2.00 bits per heavy atom. The minimum absolute atomic E-state index is 0.364. The second-order valence-electron chi connectivity index (χ2n) is 6.96. The number of benzene rings is 2. The maximum atomic E-state index is 13.0. The highest BCUT2D eigenvalue weighted by atomic mass is 32.2. The Morgan fingerprint density at radius 1 is 1.19 bits per heavy atom. The van der Waals surface area contributed by atoms with Crippen LogP contribution in [0.1, 0.15) is 28.0 Å². The van der Waals surface area contributed by atoms with Crippen molar-refractivity contribution < 1.29 is 19.4 Å². The fraction of sp³-hybridized carbons (Fsp3) is 0.261. The monoisotopic (exact) mass is 439 g/mol. The molecule has 3 rings (SSSR count). The van der Waals surface area contributed by atoms with Gasteiger partial charge in [-0.05, 0) is 47.3 Å². The van der Waals surface area contributed by atoms with Crippen LogP contribution in [0.15, 0.2) is 61.1 Å². The van der Waals surface area contributed by atoms with E-state index >= 15 is 0 Å². The van der Waals surface area contributed by atoms with Crippen LogP contribution in [0.2, 0.25) is 0 Å². The molecule has 1 heterocycles. The van der Waals surface area contributed by atoms with Gasteiger partial charge in [0.15, 0.2) is 0 Å². The fourth-order valence-electron chi connectivity index (χ4n) is 3.11. The summed E-state index contributed by atoms with van der Waals surface area (Å²) in [6.45, 7) is 0.769. The lowest BCUT2D eigenvalue weighted by Crippen LogP contribution is -2.41. The van der Waals surface area contributed by atoms with E-state index in [1.54, 1.807) is 30.4 Å². The molecule has 162 valence electrons. The molecule has 0 aliphatic heterocycles. The third-order valence-electron chi connectivity index (χ3n) is 4.71. The SMILES string of the molecule is CSCC[C@H](NC(=O)c1ccc(COCc2cnc[nH]2)cc1-c1ccccc1)C(=O)O. The zero-order valence-electron chi connectivity index (χ0n) is 17.2. The number of hydrogen-bond acceptors (Lipinski definition) is 5. The predicted molar refractivity (Wildman–Crippen MR) is 121 cm³/mol. The Labute approximate surface area is 185 Å². The normalized spacial score (nSPS) is 11.8. The number of thioether (sulfide) groups is 1. The van der Waals surface area contributed by atoms with Crippen molar-refractivity contribution in [3.8, 4) is 11.1 Å². The molecule has 0 radical (unpaired) electrons. The van der Waals surface area contributed by atoms with E-state index in [4.69, 9.17) is 4.74 Å². The smallest absolute Gasteiger partial charge is 0.326 e. The van der Waals surface area contributed by atoms with Crippen molar-refractivity contribution in [2.75, 3.05) is 12.0 Å². The molecule has 0 aliphatic carbocycles. The zero-order chi connectivity index (χ0) is 22.1. The molecule has 1 amide bonds. The minimum Gasteiger partial charge on any atom is -0.480 e. The number of aliphatic carboxylic acids is 1. The summed E-state index contributed by atoms with van der Waals surface area (Å²) in [5, 5.41) is 12.1. The number of carboxylic acid groups (broad SMARTS) is 1. The van der Waals surface area contributed by atoms with Gasteiger partial charge in [0.1, 0.15) is 6.04 Å². The van der Waals surface area contributed by atoms with E-state index in [0.29, 0.717) is 31.0 Å². The van der Waals surface area contributed by atoms with E-state index in [1.807, 2.05) is 48.7 Å². The van der Waals surface area contributed by atoms with Gasteiger partial charge in [0, 0.05) is 5.56 Å². The second kappa shape index (κ2) is 11.3. The summed E-state index contributed by atoms with van der Waals surface area (Å²) in [4.78, 5) is 31.5. The molecule has 2 aromatic carbocycles. The topological polar surface area (TPSA) is 104 Å². The zero-order valence-corrected chi connectivity index (χ0v) is 18.0. The molecule has 7 nitrogen and oxygen atoms in total. The van der Waals surface area contributed by atoms with Gasteiger partial charge in [-0.1, -0.05) is 36.4 Å². The third kappa shape index (κ3) is 6.44. The minimum atomic E-state index is -1.03. The van der Waals surface area contributed by atoms with Gasteiger partial charge in [0.2, 0.25) is 0 Å². The molecule has 0 aliphatic rings. The van der Waals surface area contributed by atoms with E-state index in [9.17, 15) is 14.7 Å². The number of carbonyl (C=O) groups is 2. The predicted octanol–water partition coefficient (Wildman–Crippen LogP) is 3.73. The standard InChI is InChI=1S/C23H25N3O4S/c1-31-10-9-21(23(28)29)26-22(27)19-8-7-16(13-30-14-18-12-24-15-25-18)11-20(19)17-5-3-2-4-6-17/h2-8,11-12,15,21H,9-10,13-14H2,1H3,(H,24,25)(H,26,27)(H,28,29)/t21-/m0/s1. The summed E-state index contributed by atoms with van der Waals surface area (Å²) in [7, 11) is 0. The van der Waals surface area contributed by atoms with Gasteiger partial charge in [0.05, 0.1) is 31.4 Å². The Morgan fingerprint density at radius 3 is 2.68 bits per heavy atom. The molecule has 0 bridgehead atoms. The second-order valence-corrected chi connectivity index (χ2v) is 7.95. The first kappa shape index (κ1) is 22.6. The van der Waals surface area contributed by atoms with Crippen molar-refractivity contribution in [2.45, 2.75) is 25.7 Å². The summed E-state index contributed by atoms with van der Waals surface area (Å²) in [5.74, 6) is -0.792. The quantitative estimate of drug-likeness (QED) is 0.421. The maximum Gasteiger partial charge on any atom is 0.326 e. The lowest BCUT2D eigenvalue weighted by molar-refractivity contribution is -0.139. The van der Waals surface area contributed by atoms with Crippen LogP contribution < -0.4 is 5.32 Å². The fourth-order valence-corrected chi connectivity index (χ4v) is 3.58. The number of nitrogens with one attached hydrogen (secondary N) is 2. The van der Waals surface area contributed by atoms with Crippen LogP contribution in [-0.2, 0) is 22.7 Å². The van der Waals surface area contributed by atoms with Gasteiger partial charge >= 0.3 is 5.97 Å².